The van der Waals surface area contributed by atoms with Gasteiger partial charge in [-0.2, -0.15) is 0 Å². The summed E-state index contributed by atoms with van der Waals surface area (Å²) in [6, 6.07) is 0. The van der Waals surface area contributed by atoms with Crippen LogP contribution in [0.25, 0.3) is 0 Å². The molecule has 1 fully saturated rings. The predicted octanol–water partition coefficient (Wildman–Crippen LogP) is 1.77. The molecule has 3 heterocycles. The van der Waals surface area contributed by atoms with Crippen LogP contribution < -0.4 is 5.32 Å². The fourth-order valence-corrected chi connectivity index (χ4v) is 3.84. The first-order valence-electron chi connectivity index (χ1n) is 7.21. The fraction of sp³-hybridized carbons (Fsp3) is 0.769. The maximum Gasteiger partial charge on any atom is 0.233 e. The third-order valence-electron chi connectivity index (χ3n) is 3.81. The molecule has 104 valence electrons. The Kier molecular flexibility index (Phi) is 4.06. The second-order valence-electron chi connectivity index (χ2n) is 5.25. The highest BCUT2D eigenvalue weighted by Gasteiger charge is 2.25. The molecule has 0 bridgehead atoms. The van der Waals surface area contributed by atoms with Gasteiger partial charge in [0.05, 0.1) is 5.25 Å². The van der Waals surface area contributed by atoms with E-state index in [1.807, 2.05) is 0 Å². The Morgan fingerprint density at radius 3 is 3.05 bits per heavy atom. The number of aryl methyl sites for hydroxylation is 1. The Labute approximate surface area is 117 Å². The standard InChI is InChI=1S/C13H20N4OS/c18-12-10(6-3-4-8-14-12)19-13-16-15-11-7-2-1-5-9-17(11)13/h10H,1-9H2,(H,14,18). The SMILES string of the molecule is O=C1NCCCCC1Sc1nnc2n1CCCCC2. The van der Waals surface area contributed by atoms with E-state index < -0.39 is 0 Å². The highest BCUT2D eigenvalue weighted by Crippen LogP contribution is 2.28. The molecule has 1 atom stereocenters. The van der Waals surface area contributed by atoms with E-state index in [9.17, 15) is 4.79 Å². The topological polar surface area (TPSA) is 59.8 Å². The Morgan fingerprint density at radius 2 is 2.11 bits per heavy atom. The van der Waals surface area contributed by atoms with Gasteiger partial charge >= 0.3 is 0 Å². The Bertz CT molecular complexity index is 459. The number of fused-ring (bicyclic) bond motifs is 1. The molecule has 19 heavy (non-hydrogen) atoms. The molecule has 6 heteroatoms. The van der Waals surface area contributed by atoms with Gasteiger partial charge in [0.1, 0.15) is 5.82 Å². The van der Waals surface area contributed by atoms with Crippen LogP contribution in [0, 0.1) is 0 Å². The van der Waals surface area contributed by atoms with Crippen molar-refractivity contribution in [1.82, 2.24) is 20.1 Å². The Balaban J connectivity index is 1.75. The van der Waals surface area contributed by atoms with Gasteiger partial charge in [-0.3, -0.25) is 4.79 Å². The molecule has 3 rings (SSSR count). The molecule has 0 aliphatic carbocycles. The van der Waals surface area contributed by atoms with Gasteiger partial charge in [-0.25, -0.2) is 0 Å². The van der Waals surface area contributed by atoms with E-state index in [2.05, 4.69) is 20.1 Å². The minimum atomic E-state index is -0.000877. The van der Waals surface area contributed by atoms with Gasteiger partial charge in [0.2, 0.25) is 5.91 Å². The number of nitrogens with zero attached hydrogens (tertiary/aromatic N) is 3. The lowest BCUT2D eigenvalue weighted by Crippen LogP contribution is -2.30. The summed E-state index contributed by atoms with van der Waals surface area (Å²) in [7, 11) is 0. The van der Waals surface area contributed by atoms with E-state index in [1.54, 1.807) is 11.8 Å². The molecule has 0 aromatic carbocycles. The van der Waals surface area contributed by atoms with Crippen molar-refractivity contribution in [2.75, 3.05) is 6.54 Å². The van der Waals surface area contributed by atoms with E-state index in [1.165, 1.54) is 19.3 Å². The molecule has 0 radical (unpaired) electrons. The van der Waals surface area contributed by atoms with Crippen LogP contribution in [0.5, 0.6) is 0 Å². The van der Waals surface area contributed by atoms with Crippen molar-refractivity contribution in [3.8, 4) is 0 Å². The molecular formula is C13H20N4OS. The minimum Gasteiger partial charge on any atom is -0.355 e. The predicted molar refractivity (Wildman–Crippen MR) is 74.1 cm³/mol. The monoisotopic (exact) mass is 280 g/mol. The zero-order valence-electron chi connectivity index (χ0n) is 11.1. The summed E-state index contributed by atoms with van der Waals surface area (Å²) in [6.07, 6.45) is 7.81. The summed E-state index contributed by atoms with van der Waals surface area (Å²) in [4.78, 5) is 12.0. The van der Waals surface area contributed by atoms with Crippen LogP contribution in [-0.2, 0) is 17.8 Å². The first kappa shape index (κ1) is 13.0. The Morgan fingerprint density at radius 1 is 1.16 bits per heavy atom. The van der Waals surface area contributed by atoms with Gasteiger partial charge in [0.15, 0.2) is 5.16 Å². The highest BCUT2D eigenvalue weighted by molar-refractivity contribution is 8.00. The third-order valence-corrected chi connectivity index (χ3v) is 5.06. The van der Waals surface area contributed by atoms with E-state index in [0.717, 1.165) is 49.8 Å². The van der Waals surface area contributed by atoms with E-state index in [0.29, 0.717) is 0 Å². The zero-order valence-corrected chi connectivity index (χ0v) is 11.9. The van der Waals surface area contributed by atoms with Crippen LogP contribution in [0.3, 0.4) is 0 Å². The molecule has 1 unspecified atom stereocenters. The minimum absolute atomic E-state index is 0.000877. The smallest absolute Gasteiger partial charge is 0.233 e. The number of thioether (sulfide) groups is 1. The summed E-state index contributed by atoms with van der Waals surface area (Å²) >= 11 is 1.59. The molecule has 1 saturated heterocycles. The molecule has 5 nitrogen and oxygen atoms in total. The van der Waals surface area contributed by atoms with Gasteiger partial charge < -0.3 is 9.88 Å². The molecule has 0 saturated carbocycles. The third kappa shape index (κ3) is 2.94. The van der Waals surface area contributed by atoms with Gasteiger partial charge in [-0.15, -0.1) is 10.2 Å². The second-order valence-corrected chi connectivity index (χ2v) is 6.42. The van der Waals surface area contributed by atoms with E-state index in [4.69, 9.17) is 0 Å². The molecule has 2 aliphatic heterocycles. The second kappa shape index (κ2) is 5.94. The summed E-state index contributed by atoms with van der Waals surface area (Å²) < 4.78 is 2.22. The van der Waals surface area contributed by atoms with Gasteiger partial charge in [0, 0.05) is 19.5 Å². The Hall–Kier alpha value is -1.04. The van der Waals surface area contributed by atoms with E-state index in [-0.39, 0.29) is 11.2 Å². The number of amides is 1. The van der Waals surface area contributed by atoms with Gasteiger partial charge in [-0.05, 0) is 25.7 Å². The largest absolute Gasteiger partial charge is 0.355 e. The molecule has 0 spiro atoms. The van der Waals surface area contributed by atoms with Crippen LogP contribution in [-0.4, -0.2) is 32.5 Å². The van der Waals surface area contributed by atoms with Crippen LogP contribution in [0.2, 0.25) is 0 Å². The molecule has 1 aromatic heterocycles. The lowest BCUT2D eigenvalue weighted by Gasteiger charge is -2.13. The van der Waals surface area contributed by atoms with Crippen molar-refractivity contribution < 1.29 is 4.79 Å². The summed E-state index contributed by atoms with van der Waals surface area (Å²) in [5.74, 6) is 1.25. The summed E-state index contributed by atoms with van der Waals surface area (Å²) in [6.45, 7) is 1.81. The average molecular weight is 280 g/mol. The van der Waals surface area contributed by atoms with Crippen molar-refractivity contribution in [2.24, 2.45) is 0 Å². The normalized spacial score (nSPS) is 24.2. The lowest BCUT2D eigenvalue weighted by atomic mass is 10.2. The number of hydrogen-bond acceptors (Lipinski definition) is 4. The quantitative estimate of drug-likeness (QED) is 0.897. The zero-order chi connectivity index (χ0) is 13.1. The number of hydrogen-bond donors (Lipinski definition) is 1. The number of nitrogens with one attached hydrogen (secondary N) is 1. The van der Waals surface area contributed by atoms with Gasteiger partial charge in [0.25, 0.3) is 0 Å². The number of rotatable bonds is 2. The van der Waals surface area contributed by atoms with Gasteiger partial charge in [-0.1, -0.05) is 24.6 Å². The summed E-state index contributed by atoms with van der Waals surface area (Å²) in [5.41, 5.74) is 0. The van der Waals surface area contributed by atoms with Crippen molar-refractivity contribution in [3.63, 3.8) is 0 Å². The van der Waals surface area contributed by atoms with E-state index >= 15 is 0 Å². The molecule has 1 N–H and O–H groups in total. The van der Waals surface area contributed by atoms with Crippen LogP contribution in [0.15, 0.2) is 5.16 Å². The number of carbonyl (C=O) groups is 1. The van der Waals surface area contributed by atoms with Crippen molar-refractivity contribution >= 4 is 17.7 Å². The van der Waals surface area contributed by atoms with Crippen molar-refractivity contribution in [2.45, 2.75) is 61.9 Å². The number of aromatic nitrogens is 3. The molecule has 1 aromatic rings. The molecule has 1 amide bonds. The van der Waals surface area contributed by atoms with Crippen molar-refractivity contribution in [3.05, 3.63) is 5.82 Å². The highest BCUT2D eigenvalue weighted by atomic mass is 32.2. The summed E-state index contributed by atoms with van der Waals surface area (Å²) in [5, 5.41) is 12.5. The maximum atomic E-state index is 12.0. The number of carbonyl (C=O) groups excluding carboxylic acids is 1. The molecule has 2 aliphatic rings. The average Bonchev–Trinajstić information content (AvgIpc) is 2.60. The van der Waals surface area contributed by atoms with Crippen molar-refractivity contribution in [1.29, 1.82) is 0 Å². The van der Waals surface area contributed by atoms with Crippen LogP contribution >= 0.6 is 11.8 Å². The first-order chi connectivity index (χ1) is 9.34. The van der Waals surface area contributed by atoms with Crippen LogP contribution in [0.4, 0.5) is 0 Å². The van der Waals surface area contributed by atoms with Crippen LogP contribution in [0.1, 0.15) is 44.3 Å². The lowest BCUT2D eigenvalue weighted by molar-refractivity contribution is -0.120. The molecular weight excluding hydrogens is 260 g/mol. The fourth-order valence-electron chi connectivity index (χ4n) is 2.70. The maximum absolute atomic E-state index is 12.0. The first-order valence-corrected chi connectivity index (χ1v) is 8.09.